The third kappa shape index (κ3) is 4.13. The van der Waals surface area contributed by atoms with Gasteiger partial charge in [-0.05, 0) is 37.1 Å². The van der Waals surface area contributed by atoms with Crippen LogP contribution in [0.25, 0.3) is 0 Å². The molecule has 0 spiro atoms. The molecule has 0 aliphatic carbocycles. The third-order valence-corrected chi connectivity index (χ3v) is 3.77. The number of carbonyl (C=O) groups excluding carboxylic acids is 1. The van der Waals surface area contributed by atoms with Gasteiger partial charge in [0.2, 0.25) is 0 Å². The Morgan fingerprint density at radius 3 is 2.61 bits per heavy atom. The van der Waals surface area contributed by atoms with Crippen molar-refractivity contribution in [1.82, 2.24) is 5.32 Å². The summed E-state index contributed by atoms with van der Waals surface area (Å²) in [6.07, 6.45) is 0. The second kappa shape index (κ2) is 7.01. The van der Waals surface area contributed by atoms with Gasteiger partial charge in [-0.1, -0.05) is 32.0 Å². The van der Waals surface area contributed by atoms with Gasteiger partial charge in [0.25, 0.3) is 5.91 Å². The van der Waals surface area contributed by atoms with Crippen LogP contribution in [0, 0.1) is 17.2 Å². The quantitative estimate of drug-likeness (QED) is 0.885. The SMILES string of the molecule is CC(C)[C@](C)(C#N)NC(=O)c1ccc(COc2ccccc2)o1. The lowest BCUT2D eigenvalue weighted by atomic mass is 9.90. The normalized spacial score (nSPS) is 13.2. The zero-order valence-electron chi connectivity index (χ0n) is 13.5. The Labute approximate surface area is 135 Å². The molecule has 1 aromatic heterocycles. The van der Waals surface area contributed by atoms with E-state index in [1.807, 2.05) is 44.2 Å². The van der Waals surface area contributed by atoms with Crippen molar-refractivity contribution in [3.8, 4) is 11.8 Å². The van der Waals surface area contributed by atoms with Gasteiger partial charge in [-0.15, -0.1) is 0 Å². The van der Waals surface area contributed by atoms with E-state index >= 15 is 0 Å². The first kappa shape index (κ1) is 16.6. The van der Waals surface area contributed by atoms with E-state index in [0.29, 0.717) is 5.76 Å². The molecule has 1 atom stereocenters. The van der Waals surface area contributed by atoms with E-state index in [-0.39, 0.29) is 18.3 Å². The molecular formula is C18H20N2O3. The molecular weight excluding hydrogens is 292 g/mol. The lowest BCUT2D eigenvalue weighted by Crippen LogP contribution is -2.48. The molecule has 1 N–H and O–H groups in total. The van der Waals surface area contributed by atoms with Gasteiger partial charge < -0.3 is 14.5 Å². The van der Waals surface area contributed by atoms with E-state index in [1.165, 1.54) is 0 Å². The number of carbonyl (C=O) groups is 1. The minimum Gasteiger partial charge on any atom is -0.486 e. The van der Waals surface area contributed by atoms with Crippen molar-refractivity contribution >= 4 is 5.91 Å². The van der Waals surface area contributed by atoms with E-state index < -0.39 is 11.4 Å². The maximum atomic E-state index is 12.2. The molecule has 1 amide bonds. The summed E-state index contributed by atoms with van der Waals surface area (Å²) in [5.41, 5.74) is -0.940. The number of para-hydroxylation sites is 1. The highest BCUT2D eigenvalue weighted by molar-refractivity contribution is 5.92. The fourth-order valence-electron chi connectivity index (χ4n) is 1.85. The topological polar surface area (TPSA) is 75.3 Å². The summed E-state index contributed by atoms with van der Waals surface area (Å²) in [6.45, 7) is 5.68. The summed E-state index contributed by atoms with van der Waals surface area (Å²) in [6, 6.07) is 14.8. The molecule has 0 saturated heterocycles. The van der Waals surface area contributed by atoms with Crippen molar-refractivity contribution in [2.45, 2.75) is 32.9 Å². The standard InChI is InChI=1S/C18H20N2O3/c1-13(2)18(3,12-19)20-17(21)16-10-9-15(23-16)11-22-14-7-5-4-6-8-14/h4-10,13H,11H2,1-3H3,(H,20,21)/t18-/m0/s1. The van der Waals surface area contributed by atoms with Crippen LogP contribution in [-0.2, 0) is 6.61 Å². The van der Waals surface area contributed by atoms with Crippen LogP contribution >= 0.6 is 0 Å². The Hall–Kier alpha value is -2.74. The number of furan rings is 1. The van der Waals surface area contributed by atoms with Gasteiger partial charge in [-0.3, -0.25) is 4.79 Å². The molecule has 0 aliphatic heterocycles. The van der Waals surface area contributed by atoms with E-state index in [9.17, 15) is 10.1 Å². The number of benzene rings is 1. The van der Waals surface area contributed by atoms with Gasteiger partial charge in [0.1, 0.15) is 23.7 Å². The first-order valence-corrected chi connectivity index (χ1v) is 7.45. The Bertz CT molecular complexity index is 701. The molecule has 1 heterocycles. The number of nitriles is 1. The lowest BCUT2D eigenvalue weighted by Gasteiger charge is -2.26. The van der Waals surface area contributed by atoms with Crippen LogP contribution in [0.3, 0.4) is 0 Å². The van der Waals surface area contributed by atoms with Crippen LogP contribution in [0.4, 0.5) is 0 Å². The van der Waals surface area contributed by atoms with E-state index in [2.05, 4.69) is 11.4 Å². The molecule has 0 unspecified atom stereocenters. The summed E-state index contributed by atoms with van der Waals surface area (Å²) >= 11 is 0. The molecule has 2 aromatic rings. The highest BCUT2D eigenvalue weighted by Crippen LogP contribution is 2.18. The van der Waals surface area contributed by atoms with Gasteiger partial charge in [0.05, 0.1) is 6.07 Å². The van der Waals surface area contributed by atoms with Crippen LogP contribution in [0.5, 0.6) is 5.75 Å². The number of hydrogen-bond acceptors (Lipinski definition) is 4. The second-order valence-electron chi connectivity index (χ2n) is 5.79. The average molecular weight is 312 g/mol. The first-order valence-electron chi connectivity index (χ1n) is 7.45. The number of amides is 1. The fraction of sp³-hybridized carbons (Fsp3) is 0.333. The zero-order chi connectivity index (χ0) is 16.9. The molecule has 5 nitrogen and oxygen atoms in total. The van der Waals surface area contributed by atoms with Crippen molar-refractivity contribution in [3.63, 3.8) is 0 Å². The Morgan fingerprint density at radius 1 is 1.30 bits per heavy atom. The van der Waals surface area contributed by atoms with Crippen molar-refractivity contribution in [3.05, 3.63) is 54.0 Å². The van der Waals surface area contributed by atoms with Crippen LogP contribution < -0.4 is 10.1 Å². The predicted molar refractivity (Wildman–Crippen MR) is 85.8 cm³/mol. The number of nitrogens with one attached hydrogen (secondary N) is 1. The van der Waals surface area contributed by atoms with Crippen LogP contribution in [-0.4, -0.2) is 11.4 Å². The monoisotopic (exact) mass is 312 g/mol. The fourth-order valence-corrected chi connectivity index (χ4v) is 1.85. The Morgan fingerprint density at radius 2 is 2.00 bits per heavy atom. The summed E-state index contributed by atoms with van der Waals surface area (Å²) in [4.78, 5) is 12.2. The summed E-state index contributed by atoms with van der Waals surface area (Å²) in [7, 11) is 0. The van der Waals surface area contributed by atoms with Crippen LogP contribution in [0.15, 0.2) is 46.9 Å². The van der Waals surface area contributed by atoms with Crippen LogP contribution in [0.1, 0.15) is 37.1 Å². The molecule has 23 heavy (non-hydrogen) atoms. The molecule has 0 aliphatic rings. The molecule has 0 fully saturated rings. The van der Waals surface area contributed by atoms with E-state index in [4.69, 9.17) is 9.15 Å². The number of hydrogen-bond donors (Lipinski definition) is 1. The number of nitrogens with zero attached hydrogens (tertiary/aromatic N) is 1. The van der Waals surface area contributed by atoms with Crippen molar-refractivity contribution < 1.29 is 13.9 Å². The third-order valence-electron chi connectivity index (χ3n) is 3.77. The van der Waals surface area contributed by atoms with E-state index in [0.717, 1.165) is 5.75 Å². The maximum absolute atomic E-state index is 12.2. The van der Waals surface area contributed by atoms with Crippen molar-refractivity contribution in [2.75, 3.05) is 0 Å². The zero-order valence-corrected chi connectivity index (χ0v) is 13.5. The lowest BCUT2D eigenvalue weighted by molar-refractivity contribution is 0.0875. The van der Waals surface area contributed by atoms with E-state index in [1.54, 1.807) is 19.1 Å². The van der Waals surface area contributed by atoms with Gasteiger partial charge in [0, 0.05) is 0 Å². The second-order valence-corrected chi connectivity index (χ2v) is 5.79. The highest BCUT2D eigenvalue weighted by Gasteiger charge is 2.31. The molecule has 0 saturated carbocycles. The highest BCUT2D eigenvalue weighted by atomic mass is 16.5. The summed E-state index contributed by atoms with van der Waals surface area (Å²) in [5.74, 6) is 1.01. The minimum absolute atomic E-state index is 0.0210. The minimum atomic E-state index is -0.940. The van der Waals surface area contributed by atoms with Gasteiger partial charge in [0.15, 0.2) is 5.76 Å². The molecule has 2 rings (SSSR count). The van der Waals surface area contributed by atoms with Gasteiger partial charge in [-0.2, -0.15) is 5.26 Å². The summed E-state index contributed by atoms with van der Waals surface area (Å²) < 4.78 is 11.1. The number of rotatable bonds is 6. The predicted octanol–water partition coefficient (Wildman–Crippen LogP) is 3.53. The Balaban J connectivity index is 1.99. The van der Waals surface area contributed by atoms with Gasteiger partial charge in [-0.25, -0.2) is 0 Å². The Kier molecular flexibility index (Phi) is 5.07. The molecule has 120 valence electrons. The number of ether oxygens (including phenoxy) is 1. The smallest absolute Gasteiger partial charge is 0.288 e. The molecule has 5 heteroatoms. The average Bonchev–Trinajstić information content (AvgIpc) is 3.02. The van der Waals surface area contributed by atoms with Crippen molar-refractivity contribution in [2.24, 2.45) is 5.92 Å². The molecule has 0 radical (unpaired) electrons. The largest absolute Gasteiger partial charge is 0.486 e. The van der Waals surface area contributed by atoms with Crippen molar-refractivity contribution in [1.29, 1.82) is 5.26 Å². The van der Waals surface area contributed by atoms with Crippen LogP contribution in [0.2, 0.25) is 0 Å². The molecule has 1 aromatic carbocycles. The molecule has 0 bridgehead atoms. The van der Waals surface area contributed by atoms with Gasteiger partial charge >= 0.3 is 0 Å². The summed E-state index contributed by atoms with van der Waals surface area (Å²) in [5, 5.41) is 12.0. The maximum Gasteiger partial charge on any atom is 0.288 e. The first-order chi connectivity index (χ1) is 10.9.